The highest BCUT2D eigenvalue weighted by molar-refractivity contribution is 9.10. The van der Waals surface area contributed by atoms with Gasteiger partial charge in [0, 0.05) is 4.47 Å². The zero-order chi connectivity index (χ0) is 13.1. The molecule has 0 aliphatic rings. The molecular weight excluding hydrogens is 296 g/mol. The first-order valence-corrected chi connectivity index (χ1v) is 6.02. The number of amides is 1. The highest BCUT2D eigenvalue weighted by Crippen LogP contribution is 2.27. The standard InChI is InChI=1S/C13H11BrN2O2/c14-9-5-1-2-7-11(9)16-13(18)8-4-3-6-10(15)12(8)17/h1-7,17H,15H2,(H,16,18). The van der Waals surface area contributed by atoms with Crippen molar-refractivity contribution in [2.75, 3.05) is 11.1 Å². The minimum absolute atomic E-state index is 0.144. The first kappa shape index (κ1) is 12.4. The Morgan fingerprint density at radius 1 is 1.17 bits per heavy atom. The molecule has 0 spiro atoms. The number of carbonyl (C=O) groups excluding carboxylic acids is 1. The summed E-state index contributed by atoms with van der Waals surface area (Å²) in [5.41, 5.74) is 6.49. The molecule has 2 aromatic carbocycles. The predicted octanol–water partition coefficient (Wildman–Crippen LogP) is 2.99. The summed E-state index contributed by atoms with van der Waals surface area (Å²) in [5, 5.41) is 12.4. The van der Waals surface area contributed by atoms with Crippen LogP contribution < -0.4 is 11.1 Å². The monoisotopic (exact) mass is 306 g/mol. The van der Waals surface area contributed by atoms with Crippen LogP contribution in [0.2, 0.25) is 0 Å². The number of hydrogen-bond acceptors (Lipinski definition) is 3. The molecule has 0 aromatic heterocycles. The van der Waals surface area contributed by atoms with Crippen molar-refractivity contribution in [2.45, 2.75) is 0 Å². The third-order valence-electron chi connectivity index (χ3n) is 2.43. The maximum atomic E-state index is 12.0. The molecular formula is C13H11BrN2O2. The van der Waals surface area contributed by atoms with Crippen LogP contribution >= 0.6 is 15.9 Å². The molecule has 5 heteroatoms. The van der Waals surface area contributed by atoms with Crippen molar-refractivity contribution in [1.29, 1.82) is 0 Å². The number of para-hydroxylation sites is 2. The topological polar surface area (TPSA) is 75.4 Å². The molecule has 0 atom stereocenters. The smallest absolute Gasteiger partial charge is 0.259 e. The summed E-state index contributed by atoms with van der Waals surface area (Å²) >= 11 is 3.33. The van der Waals surface area contributed by atoms with Crippen LogP contribution in [-0.4, -0.2) is 11.0 Å². The summed E-state index contributed by atoms with van der Waals surface area (Å²) in [6.07, 6.45) is 0. The summed E-state index contributed by atoms with van der Waals surface area (Å²) in [7, 11) is 0. The third kappa shape index (κ3) is 2.46. The summed E-state index contributed by atoms with van der Waals surface area (Å²) in [4.78, 5) is 12.0. The van der Waals surface area contributed by atoms with Crippen molar-refractivity contribution in [3.05, 3.63) is 52.5 Å². The predicted molar refractivity (Wildman–Crippen MR) is 74.6 cm³/mol. The van der Waals surface area contributed by atoms with E-state index in [4.69, 9.17) is 5.73 Å². The first-order valence-electron chi connectivity index (χ1n) is 5.23. The number of phenolic OH excluding ortho intramolecular Hbond substituents is 1. The van der Waals surface area contributed by atoms with Gasteiger partial charge < -0.3 is 16.2 Å². The van der Waals surface area contributed by atoms with Crippen molar-refractivity contribution < 1.29 is 9.90 Å². The SMILES string of the molecule is Nc1cccc(C(=O)Nc2ccccc2Br)c1O. The minimum Gasteiger partial charge on any atom is -0.505 e. The van der Waals surface area contributed by atoms with Crippen molar-refractivity contribution in [3.63, 3.8) is 0 Å². The van der Waals surface area contributed by atoms with E-state index in [9.17, 15) is 9.90 Å². The minimum atomic E-state index is -0.410. The van der Waals surface area contributed by atoms with E-state index in [2.05, 4.69) is 21.2 Å². The van der Waals surface area contributed by atoms with Crippen LogP contribution in [0.5, 0.6) is 5.75 Å². The van der Waals surface area contributed by atoms with Gasteiger partial charge in [0.25, 0.3) is 5.91 Å². The summed E-state index contributed by atoms with van der Waals surface area (Å²) in [5.74, 6) is -0.617. The number of benzene rings is 2. The second kappa shape index (κ2) is 5.10. The second-order valence-electron chi connectivity index (χ2n) is 3.68. The van der Waals surface area contributed by atoms with Crippen molar-refractivity contribution in [1.82, 2.24) is 0 Å². The van der Waals surface area contributed by atoms with Crippen LogP contribution in [0.3, 0.4) is 0 Å². The number of phenols is 1. The van der Waals surface area contributed by atoms with Crippen LogP contribution in [0.25, 0.3) is 0 Å². The lowest BCUT2D eigenvalue weighted by atomic mass is 10.1. The number of anilines is 2. The van der Waals surface area contributed by atoms with Gasteiger partial charge in [0.15, 0.2) is 5.75 Å². The van der Waals surface area contributed by atoms with Crippen LogP contribution in [0.1, 0.15) is 10.4 Å². The van der Waals surface area contributed by atoms with Crippen LogP contribution in [0.4, 0.5) is 11.4 Å². The average molecular weight is 307 g/mol. The fourth-order valence-corrected chi connectivity index (χ4v) is 1.88. The van der Waals surface area contributed by atoms with Gasteiger partial charge in [0.05, 0.1) is 16.9 Å². The molecule has 0 saturated heterocycles. The van der Waals surface area contributed by atoms with Crippen LogP contribution in [0, 0.1) is 0 Å². The lowest BCUT2D eigenvalue weighted by Gasteiger charge is -2.09. The van der Waals surface area contributed by atoms with Crippen molar-refractivity contribution in [3.8, 4) is 5.75 Å². The summed E-state index contributed by atoms with van der Waals surface area (Å²) < 4.78 is 0.766. The quantitative estimate of drug-likeness (QED) is 0.590. The molecule has 2 aromatic rings. The molecule has 0 bridgehead atoms. The average Bonchev–Trinajstić information content (AvgIpc) is 2.35. The maximum absolute atomic E-state index is 12.0. The van der Waals surface area contributed by atoms with Gasteiger partial charge in [-0.3, -0.25) is 4.79 Å². The second-order valence-corrected chi connectivity index (χ2v) is 4.53. The zero-order valence-electron chi connectivity index (χ0n) is 9.35. The fraction of sp³-hybridized carbons (Fsp3) is 0. The summed E-state index contributed by atoms with van der Waals surface area (Å²) in [6.45, 7) is 0. The number of nitrogens with one attached hydrogen (secondary N) is 1. The van der Waals surface area contributed by atoms with Gasteiger partial charge in [-0.1, -0.05) is 18.2 Å². The number of halogens is 1. The lowest BCUT2D eigenvalue weighted by Crippen LogP contribution is -2.12. The van der Waals surface area contributed by atoms with Gasteiger partial charge in [-0.15, -0.1) is 0 Å². The van der Waals surface area contributed by atoms with E-state index in [1.54, 1.807) is 18.2 Å². The molecule has 92 valence electrons. The number of rotatable bonds is 2. The van der Waals surface area contributed by atoms with E-state index in [0.29, 0.717) is 5.69 Å². The third-order valence-corrected chi connectivity index (χ3v) is 3.13. The van der Waals surface area contributed by atoms with E-state index in [0.717, 1.165) is 4.47 Å². The summed E-state index contributed by atoms with van der Waals surface area (Å²) in [6, 6.07) is 11.9. The van der Waals surface area contributed by atoms with Gasteiger partial charge in [-0.05, 0) is 40.2 Å². The Bertz CT molecular complexity index is 599. The molecule has 18 heavy (non-hydrogen) atoms. The van der Waals surface area contributed by atoms with Gasteiger partial charge in [-0.2, -0.15) is 0 Å². The van der Waals surface area contributed by atoms with Crippen LogP contribution in [0.15, 0.2) is 46.9 Å². The zero-order valence-corrected chi connectivity index (χ0v) is 10.9. The first-order chi connectivity index (χ1) is 8.59. The largest absolute Gasteiger partial charge is 0.505 e. The van der Waals surface area contributed by atoms with Crippen LogP contribution in [-0.2, 0) is 0 Å². The molecule has 4 nitrogen and oxygen atoms in total. The molecule has 0 fully saturated rings. The molecule has 0 aliphatic carbocycles. The molecule has 0 saturated carbocycles. The molecule has 0 heterocycles. The molecule has 0 aliphatic heterocycles. The van der Waals surface area contributed by atoms with Gasteiger partial charge in [0.2, 0.25) is 0 Å². The normalized spacial score (nSPS) is 10.1. The Labute approximate surface area is 113 Å². The number of carbonyl (C=O) groups is 1. The van der Waals surface area contributed by atoms with E-state index >= 15 is 0 Å². The van der Waals surface area contributed by atoms with Gasteiger partial charge in [0.1, 0.15) is 0 Å². The number of hydrogen-bond donors (Lipinski definition) is 3. The Kier molecular flexibility index (Phi) is 3.53. The molecule has 0 radical (unpaired) electrons. The molecule has 0 unspecified atom stereocenters. The van der Waals surface area contributed by atoms with Gasteiger partial charge >= 0.3 is 0 Å². The molecule has 1 amide bonds. The van der Waals surface area contributed by atoms with E-state index in [-0.39, 0.29) is 17.0 Å². The van der Waals surface area contributed by atoms with E-state index < -0.39 is 5.91 Å². The Morgan fingerprint density at radius 3 is 2.61 bits per heavy atom. The van der Waals surface area contributed by atoms with E-state index in [1.165, 1.54) is 12.1 Å². The molecule has 4 N–H and O–H groups in total. The Hall–Kier alpha value is -2.01. The Morgan fingerprint density at radius 2 is 1.89 bits per heavy atom. The van der Waals surface area contributed by atoms with E-state index in [1.807, 2.05) is 12.1 Å². The Balaban J connectivity index is 2.28. The fourth-order valence-electron chi connectivity index (χ4n) is 1.50. The highest BCUT2D eigenvalue weighted by atomic mass is 79.9. The van der Waals surface area contributed by atoms with Crippen molar-refractivity contribution in [2.24, 2.45) is 0 Å². The number of nitrogen functional groups attached to an aromatic ring is 1. The number of nitrogens with two attached hydrogens (primary N) is 1. The highest BCUT2D eigenvalue weighted by Gasteiger charge is 2.13. The van der Waals surface area contributed by atoms with Crippen molar-refractivity contribution >= 4 is 33.2 Å². The lowest BCUT2D eigenvalue weighted by molar-refractivity contribution is 0.102. The number of aromatic hydroxyl groups is 1. The van der Waals surface area contributed by atoms with Gasteiger partial charge in [-0.25, -0.2) is 0 Å². The molecule has 2 rings (SSSR count). The maximum Gasteiger partial charge on any atom is 0.259 e.